The zero-order valence-corrected chi connectivity index (χ0v) is 10.1. The van der Waals surface area contributed by atoms with Gasteiger partial charge in [-0.2, -0.15) is 8.42 Å². The van der Waals surface area contributed by atoms with Gasteiger partial charge in [0.05, 0.1) is 0 Å². The molecule has 0 rings (SSSR count). The third kappa shape index (κ3) is 4.01. The average molecular weight is 244 g/mol. The molecular formula is C6H16N2O4S2. The van der Waals surface area contributed by atoms with E-state index < -0.39 is 27.5 Å². The summed E-state index contributed by atoms with van der Waals surface area (Å²) in [4.78, 5) is 0. The summed E-state index contributed by atoms with van der Waals surface area (Å²) >= 11 is -2.52. The summed E-state index contributed by atoms with van der Waals surface area (Å²) < 4.78 is 45.2. The van der Waals surface area contributed by atoms with Gasteiger partial charge in [-0.3, -0.25) is 4.55 Å². The molecule has 0 aliphatic heterocycles. The first kappa shape index (κ1) is 14.0. The van der Waals surface area contributed by atoms with Crippen LogP contribution in [-0.4, -0.2) is 33.5 Å². The van der Waals surface area contributed by atoms with Crippen molar-refractivity contribution in [1.29, 1.82) is 0 Å². The SMILES string of the molecule is CCCNS(=O)(=O)N(C(C)C)S(=O)O. The van der Waals surface area contributed by atoms with Gasteiger partial charge < -0.3 is 0 Å². The van der Waals surface area contributed by atoms with Crippen molar-refractivity contribution in [2.45, 2.75) is 33.2 Å². The smallest absolute Gasteiger partial charge is 0.292 e. The van der Waals surface area contributed by atoms with Crippen molar-refractivity contribution >= 4 is 21.5 Å². The van der Waals surface area contributed by atoms with Crippen LogP contribution in [0.25, 0.3) is 0 Å². The topological polar surface area (TPSA) is 86.7 Å². The van der Waals surface area contributed by atoms with E-state index in [0.717, 1.165) is 0 Å². The molecule has 0 aromatic heterocycles. The number of hydrogen-bond donors (Lipinski definition) is 2. The summed E-state index contributed by atoms with van der Waals surface area (Å²) in [5, 5.41) is 0. The second-order valence-corrected chi connectivity index (χ2v) is 5.70. The van der Waals surface area contributed by atoms with Gasteiger partial charge in [0.25, 0.3) is 10.2 Å². The number of hydrogen-bond acceptors (Lipinski definition) is 3. The Morgan fingerprint density at radius 2 is 2.00 bits per heavy atom. The first-order valence-corrected chi connectivity index (χ1v) is 6.73. The van der Waals surface area contributed by atoms with Crippen LogP contribution in [0, 0.1) is 0 Å². The molecule has 0 amide bonds. The summed E-state index contributed by atoms with van der Waals surface area (Å²) in [5.74, 6) is 0. The lowest BCUT2D eigenvalue weighted by Crippen LogP contribution is -2.45. The van der Waals surface area contributed by atoms with Crippen molar-refractivity contribution in [3.05, 3.63) is 0 Å². The minimum atomic E-state index is -3.85. The Labute approximate surface area is 87.3 Å². The Bertz CT molecular complexity index is 288. The van der Waals surface area contributed by atoms with E-state index in [9.17, 15) is 12.6 Å². The van der Waals surface area contributed by atoms with Gasteiger partial charge >= 0.3 is 0 Å². The van der Waals surface area contributed by atoms with Gasteiger partial charge in [-0.05, 0) is 20.3 Å². The van der Waals surface area contributed by atoms with Crippen LogP contribution in [0.2, 0.25) is 0 Å². The molecule has 0 spiro atoms. The third-order valence-electron chi connectivity index (χ3n) is 1.35. The fourth-order valence-corrected chi connectivity index (χ4v) is 3.17. The van der Waals surface area contributed by atoms with Crippen LogP contribution < -0.4 is 4.72 Å². The van der Waals surface area contributed by atoms with Gasteiger partial charge in [-0.15, -0.1) is 0 Å². The minimum Gasteiger partial charge on any atom is -0.293 e. The van der Waals surface area contributed by atoms with Crippen LogP contribution in [0.5, 0.6) is 0 Å². The fraction of sp³-hybridized carbons (Fsp3) is 1.00. The molecule has 0 aromatic rings. The second kappa shape index (κ2) is 5.76. The molecule has 6 nitrogen and oxygen atoms in total. The van der Waals surface area contributed by atoms with Crippen molar-refractivity contribution in [2.75, 3.05) is 6.54 Å². The van der Waals surface area contributed by atoms with E-state index in [1.807, 2.05) is 0 Å². The summed E-state index contributed by atoms with van der Waals surface area (Å²) in [5.41, 5.74) is 0. The number of nitrogens with zero attached hydrogens (tertiary/aromatic N) is 1. The molecule has 0 radical (unpaired) electrons. The molecule has 0 aliphatic rings. The standard InChI is InChI=1S/C6H16N2O4S2/c1-4-5-7-14(11,12)8(6(2)3)13(9)10/h6-7H,4-5H2,1-3H3,(H,9,10). The Hall–Kier alpha value is -0.0200. The van der Waals surface area contributed by atoms with E-state index in [1.54, 1.807) is 6.92 Å². The van der Waals surface area contributed by atoms with E-state index in [1.165, 1.54) is 13.8 Å². The number of rotatable bonds is 6. The molecule has 0 aliphatic carbocycles. The van der Waals surface area contributed by atoms with Gasteiger partial charge in [0.2, 0.25) is 11.3 Å². The molecule has 1 unspecified atom stereocenters. The first-order chi connectivity index (χ1) is 6.33. The lowest BCUT2D eigenvalue weighted by molar-refractivity contribution is 0.435. The van der Waals surface area contributed by atoms with Gasteiger partial charge in [0.15, 0.2) is 0 Å². The van der Waals surface area contributed by atoms with Crippen LogP contribution in [0.15, 0.2) is 0 Å². The van der Waals surface area contributed by atoms with Crippen LogP contribution in [0.1, 0.15) is 27.2 Å². The van der Waals surface area contributed by atoms with E-state index in [2.05, 4.69) is 4.72 Å². The quantitative estimate of drug-likeness (QED) is 0.648. The van der Waals surface area contributed by atoms with Crippen molar-refractivity contribution in [3.8, 4) is 0 Å². The molecule has 0 saturated carbocycles. The molecule has 0 fully saturated rings. The van der Waals surface area contributed by atoms with Gasteiger partial charge in [-0.25, -0.2) is 8.93 Å². The maximum absolute atomic E-state index is 11.4. The molecule has 0 heterocycles. The molecule has 8 heteroatoms. The fourth-order valence-electron chi connectivity index (χ4n) is 0.836. The molecule has 1 atom stereocenters. The average Bonchev–Trinajstić information content (AvgIpc) is 1.98. The second-order valence-electron chi connectivity index (χ2n) is 2.98. The summed E-state index contributed by atoms with van der Waals surface area (Å²) in [6.07, 6.45) is 0.628. The Morgan fingerprint density at radius 3 is 2.29 bits per heavy atom. The predicted molar refractivity (Wildman–Crippen MR) is 55.0 cm³/mol. The molecule has 0 saturated heterocycles. The Balaban J connectivity index is 4.74. The zero-order valence-electron chi connectivity index (χ0n) is 8.43. The zero-order chi connectivity index (χ0) is 11.4. The Morgan fingerprint density at radius 1 is 1.50 bits per heavy atom. The minimum absolute atomic E-state index is 0.253. The highest BCUT2D eigenvalue weighted by molar-refractivity contribution is 7.98. The normalized spacial score (nSPS) is 15.0. The predicted octanol–water partition coefficient (Wildman–Crippen LogP) is 0.0779. The van der Waals surface area contributed by atoms with Crippen molar-refractivity contribution in [3.63, 3.8) is 0 Å². The molecule has 86 valence electrons. The van der Waals surface area contributed by atoms with Crippen LogP contribution in [0.3, 0.4) is 0 Å². The highest BCUT2D eigenvalue weighted by atomic mass is 32.3. The van der Waals surface area contributed by atoms with Crippen molar-refractivity contribution < 1.29 is 17.2 Å². The van der Waals surface area contributed by atoms with Crippen LogP contribution in [0.4, 0.5) is 0 Å². The van der Waals surface area contributed by atoms with Crippen LogP contribution >= 0.6 is 0 Å². The van der Waals surface area contributed by atoms with E-state index in [-0.39, 0.29) is 6.54 Å². The number of nitrogens with one attached hydrogen (secondary N) is 1. The van der Waals surface area contributed by atoms with Gasteiger partial charge in [0, 0.05) is 12.6 Å². The van der Waals surface area contributed by atoms with E-state index in [0.29, 0.717) is 10.1 Å². The molecular weight excluding hydrogens is 228 g/mol. The summed E-state index contributed by atoms with van der Waals surface area (Å²) in [6.45, 7) is 5.11. The highest BCUT2D eigenvalue weighted by Gasteiger charge is 2.29. The lowest BCUT2D eigenvalue weighted by Gasteiger charge is -2.21. The van der Waals surface area contributed by atoms with Gasteiger partial charge in [-0.1, -0.05) is 10.6 Å². The van der Waals surface area contributed by atoms with Crippen molar-refractivity contribution in [2.24, 2.45) is 0 Å². The molecule has 14 heavy (non-hydrogen) atoms. The van der Waals surface area contributed by atoms with Gasteiger partial charge in [0.1, 0.15) is 0 Å². The highest BCUT2D eigenvalue weighted by Crippen LogP contribution is 2.06. The van der Waals surface area contributed by atoms with E-state index in [4.69, 9.17) is 4.55 Å². The van der Waals surface area contributed by atoms with Crippen molar-refractivity contribution in [1.82, 2.24) is 8.43 Å². The molecule has 2 N–H and O–H groups in total. The first-order valence-electron chi connectivity index (χ1n) is 4.23. The third-order valence-corrected chi connectivity index (χ3v) is 4.51. The summed E-state index contributed by atoms with van der Waals surface area (Å²) in [6, 6.07) is -0.560. The van der Waals surface area contributed by atoms with Crippen LogP contribution in [-0.2, 0) is 21.5 Å². The monoisotopic (exact) mass is 244 g/mol. The summed E-state index contributed by atoms with van der Waals surface area (Å²) in [7, 11) is -3.85. The molecule has 0 bridgehead atoms. The largest absolute Gasteiger partial charge is 0.293 e. The van der Waals surface area contributed by atoms with E-state index >= 15 is 0 Å². The Kier molecular flexibility index (Phi) is 5.75. The lowest BCUT2D eigenvalue weighted by atomic mass is 10.4. The maximum atomic E-state index is 11.4. The maximum Gasteiger partial charge on any atom is 0.292 e. The molecule has 0 aromatic carbocycles.